The highest BCUT2D eigenvalue weighted by molar-refractivity contribution is 5.85. The van der Waals surface area contributed by atoms with Gasteiger partial charge in [-0.05, 0) is 35.4 Å². The SMILES string of the molecule is O=C(Nc1ccc(-c2ccc[nH]c2=O)cc1)OCc1ccccc1. The Kier molecular flexibility index (Phi) is 4.72. The molecule has 0 bridgehead atoms. The molecule has 0 saturated heterocycles. The second-order valence-electron chi connectivity index (χ2n) is 5.18. The number of carbonyl (C=O) groups excluding carboxylic acids is 1. The van der Waals surface area contributed by atoms with Crippen LogP contribution in [0, 0.1) is 0 Å². The van der Waals surface area contributed by atoms with E-state index in [9.17, 15) is 9.59 Å². The quantitative estimate of drug-likeness (QED) is 0.768. The van der Waals surface area contributed by atoms with E-state index in [0.717, 1.165) is 11.1 Å². The molecule has 2 N–H and O–H groups in total. The maximum Gasteiger partial charge on any atom is 0.411 e. The summed E-state index contributed by atoms with van der Waals surface area (Å²) in [6.45, 7) is 0.212. The molecule has 0 spiro atoms. The van der Waals surface area contributed by atoms with E-state index in [-0.39, 0.29) is 12.2 Å². The number of aromatic amines is 1. The zero-order valence-corrected chi connectivity index (χ0v) is 12.9. The number of H-pyrrole nitrogens is 1. The van der Waals surface area contributed by atoms with Crippen molar-refractivity contribution in [2.75, 3.05) is 5.32 Å². The maximum atomic E-state index is 11.8. The van der Waals surface area contributed by atoms with Crippen LogP contribution in [0.2, 0.25) is 0 Å². The number of amides is 1. The molecule has 0 fully saturated rings. The molecule has 0 saturated carbocycles. The van der Waals surface area contributed by atoms with Gasteiger partial charge in [-0.2, -0.15) is 0 Å². The summed E-state index contributed by atoms with van der Waals surface area (Å²) in [5, 5.41) is 2.66. The molecule has 5 nitrogen and oxygen atoms in total. The van der Waals surface area contributed by atoms with Gasteiger partial charge in [0.2, 0.25) is 0 Å². The monoisotopic (exact) mass is 320 g/mol. The Bertz CT molecular complexity index is 871. The first-order valence-electron chi connectivity index (χ1n) is 7.48. The van der Waals surface area contributed by atoms with Gasteiger partial charge in [-0.25, -0.2) is 4.79 Å². The highest BCUT2D eigenvalue weighted by atomic mass is 16.5. The molecule has 0 aliphatic rings. The third-order valence-corrected chi connectivity index (χ3v) is 3.47. The summed E-state index contributed by atoms with van der Waals surface area (Å²) in [7, 11) is 0. The molecule has 3 aromatic rings. The lowest BCUT2D eigenvalue weighted by atomic mass is 10.1. The lowest BCUT2D eigenvalue weighted by Gasteiger charge is -2.08. The van der Waals surface area contributed by atoms with E-state index in [2.05, 4.69) is 10.3 Å². The molecule has 0 radical (unpaired) electrons. The minimum Gasteiger partial charge on any atom is -0.444 e. The van der Waals surface area contributed by atoms with E-state index in [1.54, 1.807) is 42.6 Å². The van der Waals surface area contributed by atoms with Gasteiger partial charge in [-0.15, -0.1) is 0 Å². The van der Waals surface area contributed by atoms with Crippen molar-refractivity contribution >= 4 is 11.8 Å². The second-order valence-corrected chi connectivity index (χ2v) is 5.18. The number of hydrogen-bond acceptors (Lipinski definition) is 3. The van der Waals surface area contributed by atoms with Crippen LogP contribution in [0.15, 0.2) is 77.7 Å². The van der Waals surface area contributed by atoms with Crippen molar-refractivity contribution in [2.45, 2.75) is 6.61 Å². The van der Waals surface area contributed by atoms with E-state index >= 15 is 0 Å². The molecule has 1 aromatic heterocycles. The van der Waals surface area contributed by atoms with Gasteiger partial charge in [0.25, 0.3) is 5.56 Å². The fourth-order valence-corrected chi connectivity index (χ4v) is 2.26. The number of nitrogens with one attached hydrogen (secondary N) is 2. The predicted octanol–water partition coefficient (Wildman–Crippen LogP) is 3.79. The Labute approximate surface area is 138 Å². The van der Waals surface area contributed by atoms with E-state index in [4.69, 9.17) is 4.74 Å². The van der Waals surface area contributed by atoms with Crippen molar-refractivity contribution in [2.24, 2.45) is 0 Å². The van der Waals surface area contributed by atoms with Gasteiger partial charge < -0.3 is 9.72 Å². The summed E-state index contributed by atoms with van der Waals surface area (Å²) in [6, 6.07) is 20.0. The van der Waals surface area contributed by atoms with Gasteiger partial charge in [0.05, 0.1) is 0 Å². The highest BCUT2D eigenvalue weighted by Crippen LogP contribution is 2.18. The molecule has 24 heavy (non-hydrogen) atoms. The van der Waals surface area contributed by atoms with Gasteiger partial charge in [0, 0.05) is 17.4 Å². The van der Waals surface area contributed by atoms with E-state index < -0.39 is 6.09 Å². The van der Waals surface area contributed by atoms with Crippen molar-refractivity contribution in [3.63, 3.8) is 0 Å². The molecule has 1 heterocycles. The normalized spacial score (nSPS) is 10.2. The Morgan fingerprint density at radius 3 is 2.42 bits per heavy atom. The Morgan fingerprint density at radius 2 is 1.71 bits per heavy atom. The van der Waals surface area contributed by atoms with E-state index in [0.29, 0.717) is 11.3 Å². The first-order chi connectivity index (χ1) is 11.7. The molecule has 3 rings (SSSR count). The maximum absolute atomic E-state index is 11.8. The van der Waals surface area contributed by atoms with Crippen molar-refractivity contribution < 1.29 is 9.53 Å². The Hall–Kier alpha value is -3.34. The largest absolute Gasteiger partial charge is 0.444 e. The summed E-state index contributed by atoms with van der Waals surface area (Å²) in [6.07, 6.45) is 1.06. The van der Waals surface area contributed by atoms with Crippen molar-refractivity contribution in [1.82, 2.24) is 4.98 Å². The third-order valence-electron chi connectivity index (χ3n) is 3.47. The van der Waals surface area contributed by atoms with Crippen molar-refractivity contribution in [3.05, 3.63) is 88.8 Å². The standard InChI is InChI=1S/C19H16N2O3/c22-18-17(7-4-12-20-18)15-8-10-16(11-9-15)21-19(23)24-13-14-5-2-1-3-6-14/h1-12H,13H2,(H,20,22)(H,21,23). The molecule has 0 aliphatic heterocycles. The topological polar surface area (TPSA) is 71.2 Å². The van der Waals surface area contributed by atoms with Crippen LogP contribution in [0.25, 0.3) is 11.1 Å². The lowest BCUT2D eigenvalue weighted by molar-refractivity contribution is 0.155. The number of pyridine rings is 1. The minimum absolute atomic E-state index is 0.152. The summed E-state index contributed by atoms with van der Waals surface area (Å²) >= 11 is 0. The zero-order chi connectivity index (χ0) is 16.8. The molecule has 0 unspecified atom stereocenters. The smallest absolute Gasteiger partial charge is 0.411 e. The van der Waals surface area contributed by atoms with Gasteiger partial charge >= 0.3 is 6.09 Å². The Morgan fingerprint density at radius 1 is 0.958 bits per heavy atom. The molecule has 0 aliphatic carbocycles. The van der Waals surface area contributed by atoms with E-state index in [1.165, 1.54) is 0 Å². The summed E-state index contributed by atoms with van der Waals surface area (Å²) in [5.41, 5.74) is 2.73. The van der Waals surface area contributed by atoms with Crippen LogP contribution in [0.1, 0.15) is 5.56 Å². The first-order valence-corrected chi connectivity index (χ1v) is 7.48. The highest BCUT2D eigenvalue weighted by Gasteiger charge is 2.05. The molecule has 5 heteroatoms. The first kappa shape index (κ1) is 15.6. The molecule has 120 valence electrons. The number of ether oxygens (including phenoxy) is 1. The average molecular weight is 320 g/mol. The lowest BCUT2D eigenvalue weighted by Crippen LogP contribution is -2.13. The fraction of sp³-hybridized carbons (Fsp3) is 0.0526. The van der Waals surface area contributed by atoms with Crippen LogP contribution in [0.4, 0.5) is 10.5 Å². The Balaban J connectivity index is 1.61. The van der Waals surface area contributed by atoms with Crippen LogP contribution in [-0.2, 0) is 11.3 Å². The summed E-state index contributed by atoms with van der Waals surface area (Å²) in [5.74, 6) is 0. The van der Waals surface area contributed by atoms with Gasteiger partial charge in [0.15, 0.2) is 0 Å². The number of anilines is 1. The van der Waals surface area contributed by atoms with Crippen LogP contribution in [0.5, 0.6) is 0 Å². The van der Waals surface area contributed by atoms with Crippen LogP contribution in [0.3, 0.4) is 0 Å². The number of carbonyl (C=O) groups is 1. The van der Waals surface area contributed by atoms with E-state index in [1.807, 2.05) is 30.3 Å². The molecule has 2 aromatic carbocycles. The number of aromatic nitrogens is 1. The summed E-state index contributed by atoms with van der Waals surface area (Å²) in [4.78, 5) is 26.2. The third kappa shape index (κ3) is 3.89. The van der Waals surface area contributed by atoms with Gasteiger partial charge in [-0.1, -0.05) is 42.5 Å². The van der Waals surface area contributed by atoms with Crippen LogP contribution < -0.4 is 10.9 Å². The number of rotatable bonds is 4. The average Bonchev–Trinajstić information content (AvgIpc) is 2.62. The predicted molar refractivity (Wildman–Crippen MR) is 92.7 cm³/mol. The van der Waals surface area contributed by atoms with Gasteiger partial charge in [-0.3, -0.25) is 10.1 Å². The van der Waals surface area contributed by atoms with Gasteiger partial charge in [0.1, 0.15) is 6.61 Å². The minimum atomic E-state index is -0.524. The molecular weight excluding hydrogens is 304 g/mol. The van der Waals surface area contributed by atoms with Crippen LogP contribution in [-0.4, -0.2) is 11.1 Å². The number of benzene rings is 2. The fourth-order valence-electron chi connectivity index (χ4n) is 2.26. The zero-order valence-electron chi connectivity index (χ0n) is 12.9. The van der Waals surface area contributed by atoms with Crippen LogP contribution >= 0.6 is 0 Å². The summed E-state index contributed by atoms with van der Waals surface area (Å²) < 4.78 is 5.16. The molecular formula is C19H16N2O3. The number of hydrogen-bond donors (Lipinski definition) is 2. The van der Waals surface area contributed by atoms with Crippen molar-refractivity contribution in [1.29, 1.82) is 0 Å². The second kappa shape index (κ2) is 7.28. The van der Waals surface area contributed by atoms with Crippen molar-refractivity contribution in [3.8, 4) is 11.1 Å². The molecule has 0 atom stereocenters. The molecule has 1 amide bonds.